The van der Waals surface area contributed by atoms with E-state index in [0.717, 1.165) is 18.9 Å². The monoisotopic (exact) mass is 517 g/mol. The highest BCUT2D eigenvalue weighted by Gasteiger charge is 2.38. The Morgan fingerprint density at radius 2 is 1.73 bits per heavy atom. The summed E-state index contributed by atoms with van der Waals surface area (Å²) in [5, 5.41) is 9.09. The van der Waals surface area contributed by atoms with E-state index in [0.29, 0.717) is 23.6 Å². The number of ether oxygens (including phenoxy) is 3. The molecule has 0 saturated heterocycles. The predicted octanol–water partition coefficient (Wildman–Crippen LogP) is 4.57. The number of methoxy groups -OCH3 is 2. The normalized spacial score (nSPS) is 14.8. The second-order valence-corrected chi connectivity index (χ2v) is 9.97. The summed E-state index contributed by atoms with van der Waals surface area (Å²) < 4.78 is 31.1. The molecule has 0 bridgehead atoms. The van der Waals surface area contributed by atoms with Crippen molar-refractivity contribution in [1.82, 2.24) is 10.3 Å². The zero-order valence-electron chi connectivity index (χ0n) is 22.1. The molecule has 2 atom stereocenters. The first-order valence-corrected chi connectivity index (χ1v) is 12.2. The number of hydrogen-bond donors (Lipinski definition) is 4. The fourth-order valence-corrected chi connectivity index (χ4v) is 3.95. The molecule has 1 fully saturated rings. The number of pyridine rings is 1. The molecule has 202 valence electrons. The minimum atomic E-state index is -0.841. The van der Waals surface area contributed by atoms with Gasteiger partial charge in [0.25, 0.3) is 5.91 Å². The molecule has 2 amide bonds. The SMILES string of the molecule is CC[C@H](NC(=O)OC(C)(C)C)[C@H](Nc1nc(Nc2cc(OC)cc(OC)c2)c(C(N)=O)cc1F)C1CC1. The highest BCUT2D eigenvalue weighted by Crippen LogP contribution is 2.37. The van der Waals surface area contributed by atoms with E-state index in [9.17, 15) is 9.59 Å². The number of nitrogens with zero attached hydrogens (tertiary/aromatic N) is 1. The van der Waals surface area contributed by atoms with Crippen LogP contribution in [-0.4, -0.2) is 48.9 Å². The molecule has 1 aliphatic rings. The van der Waals surface area contributed by atoms with Gasteiger partial charge in [0.05, 0.1) is 31.9 Å². The number of carbonyl (C=O) groups excluding carboxylic acids is 2. The van der Waals surface area contributed by atoms with Crippen molar-refractivity contribution in [2.75, 3.05) is 24.9 Å². The number of primary amides is 1. The fourth-order valence-electron chi connectivity index (χ4n) is 3.95. The minimum Gasteiger partial charge on any atom is -0.497 e. The number of rotatable bonds is 11. The van der Waals surface area contributed by atoms with Crippen LogP contribution in [0.1, 0.15) is 57.3 Å². The van der Waals surface area contributed by atoms with Crippen LogP contribution in [-0.2, 0) is 4.74 Å². The third-order valence-corrected chi connectivity index (χ3v) is 5.86. The van der Waals surface area contributed by atoms with Crippen LogP contribution in [0.25, 0.3) is 0 Å². The third kappa shape index (κ3) is 7.61. The Hall–Kier alpha value is -3.76. The topological polar surface area (TPSA) is 137 Å². The van der Waals surface area contributed by atoms with Crippen molar-refractivity contribution in [2.45, 2.75) is 64.6 Å². The molecule has 1 aromatic heterocycles. The zero-order chi connectivity index (χ0) is 27.3. The molecule has 3 rings (SSSR count). The number of carbonyl (C=O) groups is 2. The Labute approximate surface area is 216 Å². The van der Waals surface area contributed by atoms with Gasteiger partial charge >= 0.3 is 6.09 Å². The Morgan fingerprint density at radius 3 is 2.22 bits per heavy atom. The molecule has 0 unspecified atom stereocenters. The summed E-state index contributed by atoms with van der Waals surface area (Å²) >= 11 is 0. The molecule has 0 radical (unpaired) electrons. The lowest BCUT2D eigenvalue weighted by molar-refractivity contribution is 0.0495. The molecular formula is C26H36FN5O5. The zero-order valence-corrected chi connectivity index (χ0v) is 22.1. The maximum Gasteiger partial charge on any atom is 0.407 e. The van der Waals surface area contributed by atoms with Gasteiger partial charge in [-0.25, -0.2) is 14.2 Å². The molecule has 0 spiro atoms. The smallest absolute Gasteiger partial charge is 0.407 e. The van der Waals surface area contributed by atoms with Gasteiger partial charge in [-0.3, -0.25) is 4.79 Å². The lowest BCUT2D eigenvalue weighted by Gasteiger charge is -2.30. The second kappa shape index (κ2) is 11.5. The van der Waals surface area contributed by atoms with Crippen LogP contribution >= 0.6 is 0 Å². The molecule has 1 aromatic carbocycles. The Morgan fingerprint density at radius 1 is 1.11 bits per heavy atom. The van der Waals surface area contributed by atoms with Gasteiger partial charge in [0, 0.05) is 23.9 Å². The van der Waals surface area contributed by atoms with Crippen LogP contribution in [0.2, 0.25) is 0 Å². The van der Waals surface area contributed by atoms with E-state index in [4.69, 9.17) is 19.9 Å². The number of nitrogens with one attached hydrogen (secondary N) is 3. The summed E-state index contributed by atoms with van der Waals surface area (Å²) in [5.74, 6) is -0.340. The summed E-state index contributed by atoms with van der Waals surface area (Å²) in [6.07, 6.45) is 1.90. The van der Waals surface area contributed by atoms with Crippen LogP contribution in [0.15, 0.2) is 24.3 Å². The Balaban J connectivity index is 1.91. The van der Waals surface area contributed by atoms with E-state index >= 15 is 4.39 Å². The number of hydrogen-bond acceptors (Lipinski definition) is 8. The van der Waals surface area contributed by atoms with Gasteiger partial charge in [0.1, 0.15) is 22.9 Å². The van der Waals surface area contributed by atoms with Crippen molar-refractivity contribution >= 4 is 29.3 Å². The average molecular weight is 518 g/mol. The van der Waals surface area contributed by atoms with Crippen LogP contribution < -0.4 is 31.2 Å². The van der Waals surface area contributed by atoms with Crippen molar-refractivity contribution in [3.05, 3.63) is 35.6 Å². The molecule has 2 aromatic rings. The lowest BCUT2D eigenvalue weighted by atomic mass is 10.0. The van der Waals surface area contributed by atoms with E-state index in [1.165, 1.54) is 14.2 Å². The Kier molecular flexibility index (Phi) is 8.67. The number of nitrogens with two attached hydrogens (primary N) is 1. The summed E-state index contributed by atoms with van der Waals surface area (Å²) in [4.78, 5) is 28.9. The highest BCUT2D eigenvalue weighted by molar-refractivity contribution is 5.98. The molecule has 37 heavy (non-hydrogen) atoms. The first-order valence-electron chi connectivity index (χ1n) is 12.2. The standard InChI is InChI=1S/C26H36FN5O5/c1-7-20(30-25(34)37-26(2,3)4)21(14-8-9-14)31-24-19(27)13-18(22(28)33)23(32-24)29-15-10-16(35-5)12-17(11-15)36-6/h10-14,20-21H,7-9H2,1-6H3,(H2,28,33)(H,30,34)(H2,29,31,32)/t20-,21+/m0/s1. The van der Waals surface area contributed by atoms with E-state index in [2.05, 4.69) is 20.9 Å². The number of anilines is 3. The molecule has 1 aliphatic carbocycles. The second-order valence-electron chi connectivity index (χ2n) is 9.97. The van der Waals surface area contributed by atoms with Gasteiger partial charge in [0.2, 0.25) is 0 Å². The quantitative estimate of drug-likeness (QED) is 0.340. The number of aromatic nitrogens is 1. The minimum absolute atomic E-state index is 0.0643. The van der Waals surface area contributed by atoms with Gasteiger partial charge in [0.15, 0.2) is 11.6 Å². The van der Waals surface area contributed by atoms with Gasteiger partial charge in [-0.1, -0.05) is 6.92 Å². The molecule has 1 saturated carbocycles. The van der Waals surface area contributed by atoms with E-state index in [1.807, 2.05) is 6.92 Å². The number of halogens is 1. The first kappa shape index (κ1) is 27.8. The predicted molar refractivity (Wildman–Crippen MR) is 139 cm³/mol. The van der Waals surface area contributed by atoms with E-state index in [-0.39, 0.29) is 35.2 Å². The van der Waals surface area contributed by atoms with Crippen LogP contribution in [0.5, 0.6) is 11.5 Å². The molecule has 5 N–H and O–H groups in total. The number of benzene rings is 1. The van der Waals surface area contributed by atoms with Crippen molar-refractivity contribution in [1.29, 1.82) is 0 Å². The maximum atomic E-state index is 15.2. The van der Waals surface area contributed by atoms with Crippen molar-refractivity contribution in [3.8, 4) is 11.5 Å². The summed E-state index contributed by atoms with van der Waals surface area (Å²) in [5.41, 5.74) is 5.25. The molecule has 0 aliphatic heterocycles. The first-order chi connectivity index (χ1) is 17.4. The van der Waals surface area contributed by atoms with Gasteiger partial charge in [-0.2, -0.15) is 0 Å². The van der Waals surface area contributed by atoms with Crippen LogP contribution in [0.3, 0.4) is 0 Å². The van der Waals surface area contributed by atoms with Crippen molar-refractivity contribution < 1.29 is 28.2 Å². The van der Waals surface area contributed by atoms with E-state index in [1.54, 1.807) is 39.0 Å². The van der Waals surface area contributed by atoms with Gasteiger partial charge in [-0.15, -0.1) is 0 Å². The number of alkyl carbamates (subject to hydrolysis) is 1. The van der Waals surface area contributed by atoms with Crippen LogP contribution in [0.4, 0.5) is 26.5 Å². The Bertz CT molecular complexity index is 1110. The summed E-state index contributed by atoms with van der Waals surface area (Å²) in [7, 11) is 3.03. The average Bonchev–Trinajstić information content (AvgIpc) is 3.66. The number of amides is 2. The molecule has 10 nitrogen and oxygen atoms in total. The van der Waals surface area contributed by atoms with E-state index < -0.39 is 23.4 Å². The van der Waals surface area contributed by atoms with Crippen molar-refractivity contribution in [2.24, 2.45) is 11.7 Å². The summed E-state index contributed by atoms with van der Waals surface area (Å²) in [6.45, 7) is 7.30. The maximum absolute atomic E-state index is 15.2. The molecule has 1 heterocycles. The van der Waals surface area contributed by atoms with Gasteiger partial charge < -0.3 is 35.9 Å². The largest absolute Gasteiger partial charge is 0.497 e. The lowest BCUT2D eigenvalue weighted by Crippen LogP contribution is -2.49. The molecule has 11 heteroatoms. The highest BCUT2D eigenvalue weighted by atomic mass is 19.1. The fraction of sp³-hybridized carbons (Fsp3) is 0.500. The third-order valence-electron chi connectivity index (χ3n) is 5.86. The summed E-state index contributed by atoms with van der Waals surface area (Å²) in [6, 6.07) is 5.45. The van der Waals surface area contributed by atoms with Gasteiger partial charge in [-0.05, 0) is 52.0 Å². The molecular weight excluding hydrogens is 481 g/mol. The van der Waals surface area contributed by atoms with Crippen LogP contribution in [0, 0.1) is 11.7 Å². The van der Waals surface area contributed by atoms with Crippen molar-refractivity contribution in [3.63, 3.8) is 0 Å².